The van der Waals surface area contributed by atoms with Crippen LogP contribution in [0.15, 0.2) is 0 Å². The fourth-order valence-corrected chi connectivity index (χ4v) is 2.99. The maximum Gasteiger partial charge on any atom is 0.235 e. The van der Waals surface area contributed by atoms with E-state index in [1.54, 1.807) is 0 Å². The van der Waals surface area contributed by atoms with Crippen molar-refractivity contribution < 1.29 is 9.90 Å². The third kappa shape index (κ3) is 4.19. The van der Waals surface area contributed by atoms with E-state index in [0.29, 0.717) is 12.6 Å². The summed E-state index contributed by atoms with van der Waals surface area (Å²) in [5.41, 5.74) is -0.614. The van der Waals surface area contributed by atoms with Gasteiger partial charge in [0, 0.05) is 12.6 Å². The first-order valence-electron chi connectivity index (χ1n) is 7.76. The summed E-state index contributed by atoms with van der Waals surface area (Å²) in [5.74, 6) is -0.0238. The van der Waals surface area contributed by atoms with E-state index < -0.39 is 5.54 Å². The molecule has 0 saturated heterocycles. The summed E-state index contributed by atoms with van der Waals surface area (Å²) in [6, 6.07) is 2.82. The van der Waals surface area contributed by atoms with Gasteiger partial charge in [-0.3, -0.25) is 9.69 Å². The molecule has 0 aromatic heterocycles. The second kappa shape index (κ2) is 7.05. The topological polar surface area (TPSA) is 76.4 Å². The van der Waals surface area contributed by atoms with Crippen LogP contribution in [0.2, 0.25) is 0 Å². The molecule has 0 atom stereocenters. The highest BCUT2D eigenvalue weighted by Gasteiger charge is 2.36. The predicted octanol–water partition coefficient (Wildman–Crippen LogP) is 1.18. The molecule has 0 bridgehead atoms. The van der Waals surface area contributed by atoms with Gasteiger partial charge in [-0.15, -0.1) is 0 Å². The molecular weight excluding hydrogens is 254 g/mol. The molecule has 0 aromatic rings. The highest BCUT2D eigenvalue weighted by Crippen LogP contribution is 2.29. The zero-order chi connectivity index (χ0) is 14.4. The number of nitriles is 1. The monoisotopic (exact) mass is 279 g/mol. The third-order valence-corrected chi connectivity index (χ3v) is 4.31. The summed E-state index contributed by atoms with van der Waals surface area (Å²) in [7, 11) is 0. The smallest absolute Gasteiger partial charge is 0.235 e. The molecular formula is C15H25N3O2. The van der Waals surface area contributed by atoms with Gasteiger partial charge in [0.2, 0.25) is 5.91 Å². The molecule has 1 amide bonds. The highest BCUT2D eigenvalue weighted by atomic mass is 16.2. The largest absolute Gasteiger partial charge is 0.396 e. The number of hydrogen-bond donors (Lipinski definition) is 2. The average Bonchev–Trinajstić information content (AvgIpc) is 3.19. The minimum Gasteiger partial charge on any atom is -0.396 e. The molecule has 112 valence electrons. The van der Waals surface area contributed by atoms with Crippen molar-refractivity contribution in [3.63, 3.8) is 0 Å². The average molecular weight is 279 g/mol. The van der Waals surface area contributed by atoms with Crippen LogP contribution in [0.1, 0.15) is 51.4 Å². The number of aliphatic hydroxyl groups excluding tert-OH is 1. The zero-order valence-corrected chi connectivity index (χ0v) is 12.1. The van der Waals surface area contributed by atoms with Crippen molar-refractivity contribution in [1.29, 1.82) is 5.26 Å². The van der Waals surface area contributed by atoms with Crippen molar-refractivity contribution >= 4 is 5.91 Å². The Balaban J connectivity index is 1.80. The van der Waals surface area contributed by atoms with E-state index >= 15 is 0 Å². The molecule has 0 aliphatic heterocycles. The Hall–Kier alpha value is -1.12. The van der Waals surface area contributed by atoms with Gasteiger partial charge < -0.3 is 10.4 Å². The van der Waals surface area contributed by atoms with Crippen LogP contribution in [0.25, 0.3) is 0 Å². The van der Waals surface area contributed by atoms with Gasteiger partial charge in [-0.2, -0.15) is 5.26 Å². The number of nitrogens with one attached hydrogen (secondary N) is 1. The number of rotatable bonds is 8. The third-order valence-electron chi connectivity index (χ3n) is 4.31. The van der Waals surface area contributed by atoms with Gasteiger partial charge in [0.05, 0.1) is 12.6 Å². The Bertz CT molecular complexity index is 368. The maximum atomic E-state index is 12.2. The van der Waals surface area contributed by atoms with Gasteiger partial charge >= 0.3 is 0 Å². The van der Waals surface area contributed by atoms with E-state index in [0.717, 1.165) is 57.9 Å². The summed E-state index contributed by atoms with van der Waals surface area (Å²) in [5, 5.41) is 21.1. The molecule has 0 spiro atoms. The lowest BCUT2D eigenvalue weighted by molar-refractivity contribution is -0.123. The molecule has 2 N–H and O–H groups in total. The summed E-state index contributed by atoms with van der Waals surface area (Å²) >= 11 is 0. The number of carbonyl (C=O) groups is 1. The van der Waals surface area contributed by atoms with Crippen LogP contribution in [-0.4, -0.2) is 47.2 Å². The first-order chi connectivity index (χ1) is 9.69. The zero-order valence-electron chi connectivity index (χ0n) is 12.1. The van der Waals surface area contributed by atoms with Crippen LogP contribution in [0.5, 0.6) is 0 Å². The molecule has 2 rings (SSSR count). The lowest BCUT2D eigenvalue weighted by atomic mass is 10.00. The number of carbonyl (C=O) groups excluding carboxylic acids is 1. The van der Waals surface area contributed by atoms with Crippen LogP contribution < -0.4 is 5.32 Å². The Kier molecular flexibility index (Phi) is 5.38. The number of nitrogens with zero attached hydrogens (tertiary/aromatic N) is 2. The van der Waals surface area contributed by atoms with Gasteiger partial charge in [0.25, 0.3) is 0 Å². The molecule has 5 heteroatoms. The second-order valence-corrected chi connectivity index (χ2v) is 6.08. The fourth-order valence-electron chi connectivity index (χ4n) is 2.99. The number of amides is 1. The molecule has 0 radical (unpaired) electrons. The number of hydrogen-bond acceptors (Lipinski definition) is 4. The number of unbranched alkanes of at least 4 members (excludes halogenated alkanes) is 1. The minimum absolute atomic E-state index is 0.0238. The lowest BCUT2D eigenvalue weighted by Gasteiger charge is -2.26. The maximum absolute atomic E-state index is 12.2. The summed E-state index contributed by atoms with van der Waals surface area (Å²) < 4.78 is 0. The molecule has 0 aromatic carbocycles. The molecule has 0 heterocycles. The van der Waals surface area contributed by atoms with Crippen molar-refractivity contribution in [1.82, 2.24) is 10.2 Å². The Morgan fingerprint density at radius 1 is 1.35 bits per heavy atom. The predicted molar refractivity (Wildman–Crippen MR) is 75.9 cm³/mol. The fraction of sp³-hybridized carbons (Fsp3) is 0.867. The van der Waals surface area contributed by atoms with Crippen molar-refractivity contribution in [3.05, 3.63) is 0 Å². The van der Waals surface area contributed by atoms with E-state index in [-0.39, 0.29) is 12.5 Å². The van der Waals surface area contributed by atoms with E-state index in [4.69, 9.17) is 5.11 Å². The molecule has 2 fully saturated rings. The first-order valence-corrected chi connectivity index (χ1v) is 7.76. The molecule has 2 aliphatic rings. The van der Waals surface area contributed by atoms with Crippen molar-refractivity contribution in [2.75, 3.05) is 19.7 Å². The molecule has 2 aliphatic carbocycles. The van der Waals surface area contributed by atoms with E-state index in [2.05, 4.69) is 16.3 Å². The normalized spacial score (nSPS) is 20.9. The Labute approximate surface area is 120 Å². The van der Waals surface area contributed by atoms with Crippen molar-refractivity contribution in [3.8, 4) is 6.07 Å². The van der Waals surface area contributed by atoms with Crippen LogP contribution in [0.3, 0.4) is 0 Å². The van der Waals surface area contributed by atoms with E-state index in [9.17, 15) is 10.1 Å². The van der Waals surface area contributed by atoms with Crippen LogP contribution >= 0.6 is 0 Å². The van der Waals surface area contributed by atoms with E-state index in [1.165, 1.54) is 0 Å². The van der Waals surface area contributed by atoms with Crippen LogP contribution in [0, 0.1) is 11.3 Å². The quantitative estimate of drug-likeness (QED) is 0.654. The van der Waals surface area contributed by atoms with Crippen LogP contribution in [0.4, 0.5) is 0 Å². The highest BCUT2D eigenvalue weighted by molar-refractivity contribution is 5.79. The van der Waals surface area contributed by atoms with Gasteiger partial charge in [0.15, 0.2) is 0 Å². The van der Waals surface area contributed by atoms with Gasteiger partial charge in [-0.1, -0.05) is 0 Å². The van der Waals surface area contributed by atoms with Crippen molar-refractivity contribution in [2.45, 2.75) is 62.9 Å². The molecule has 5 nitrogen and oxygen atoms in total. The van der Waals surface area contributed by atoms with E-state index in [1.807, 2.05) is 0 Å². The minimum atomic E-state index is -0.614. The standard InChI is InChI=1S/C15H25N3O2/c16-12-15(7-1-2-8-15)17-14(20)11-18(13-5-6-13)9-3-4-10-19/h13,19H,1-11H2,(H,17,20). The SMILES string of the molecule is N#CC1(NC(=O)CN(CCCCO)C2CC2)CCCC1. The lowest BCUT2D eigenvalue weighted by Crippen LogP contribution is -2.49. The summed E-state index contributed by atoms with van der Waals surface area (Å²) in [6.07, 6.45) is 7.64. The van der Waals surface area contributed by atoms with Gasteiger partial charge in [0.1, 0.15) is 5.54 Å². The molecule has 0 unspecified atom stereocenters. The molecule has 2 saturated carbocycles. The Morgan fingerprint density at radius 3 is 2.60 bits per heavy atom. The second-order valence-electron chi connectivity index (χ2n) is 6.08. The summed E-state index contributed by atoms with van der Waals surface area (Å²) in [4.78, 5) is 14.4. The van der Waals surface area contributed by atoms with Crippen molar-refractivity contribution in [2.24, 2.45) is 0 Å². The number of aliphatic hydroxyl groups is 1. The Morgan fingerprint density at radius 2 is 2.05 bits per heavy atom. The molecule has 20 heavy (non-hydrogen) atoms. The first kappa shape index (κ1) is 15.3. The van der Waals surface area contributed by atoms with Gasteiger partial charge in [-0.05, 0) is 57.9 Å². The van der Waals surface area contributed by atoms with Gasteiger partial charge in [-0.25, -0.2) is 0 Å². The summed E-state index contributed by atoms with van der Waals surface area (Å²) in [6.45, 7) is 1.46. The van der Waals surface area contributed by atoms with Crippen LogP contribution in [-0.2, 0) is 4.79 Å².